The lowest BCUT2D eigenvalue weighted by Gasteiger charge is -2.23. The topological polar surface area (TPSA) is 147 Å². The Morgan fingerprint density at radius 2 is 1.15 bits per heavy atom. The number of nitrogen functional groups attached to an aromatic ring is 1. The molecule has 0 saturated carbocycles. The van der Waals surface area contributed by atoms with Crippen LogP contribution in [0.5, 0.6) is 0 Å². The molecule has 0 spiro atoms. The van der Waals surface area contributed by atoms with Crippen LogP contribution >= 0.6 is 0 Å². The highest BCUT2D eigenvalue weighted by molar-refractivity contribution is 5.70. The maximum Gasteiger partial charge on any atom is 0.280 e. The number of hydrogen-bond acceptors (Lipinski definition) is 9. The van der Waals surface area contributed by atoms with Crippen molar-refractivity contribution in [1.82, 2.24) is 19.5 Å². The SMILES string of the molecule is COCCCCCCCCCCCCOCC(O)C(CCn1cnc2c(=O)[nH]c(N)nc21)COCCCCCCCCCCCCOC. The second kappa shape index (κ2) is 28.8. The van der Waals surface area contributed by atoms with Crippen molar-refractivity contribution in [3.05, 3.63) is 16.7 Å². The Labute approximate surface area is 290 Å². The summed E-state index contributed by atoms with van der Waals surface area (Å²) in [6, 6.07) is 0. The van der Waals surface area contributed by atoms with E-state index >= 15 is 0 Å². The molecule has 0 fully saturated rings. The van der Waals surface area contributed by atoms with Gasteiger partial charge in [-0.3, -0.25) is 9.78 Å². The summed E-state index contributed by atoms with van der Waals surface area (Å²) in [5.74, 6) is -0.0468. The highest BCUT2D eigenvalue weighted by Gasteiger charge is 2.21. The lowest BCUT2D eigenvalue weighted by atomic mass is 10.00. The van der Waals surface area contributed by atoms with Gasteiger partial charge < -0.3 is 34.4 Å². The Balaban J connectivity index is 1.64. The fourth-order valence-corrected chi connectivity index (χ4v) is 6.13. The molecule has 0 amide bonds. The van der Waals surface area contributed by atoms with E-state index < -0.39 is 6.10 Å². The first kappa shape index (κ1) is 42.1. The van der Waals surface area contributed by atoms with Gasteiger partial charge in [0, 0.05) is 53.1 Å². The molecule has 0 aliphatic rings. The van der Waals surface area contributed by atoms with Crippen molar-refractivity contribution in [1.29, 1.82) is 0 Å². The Kier molecular flexibility index (Phi) is 25.2. The number of imidazole rings is 1. The van der Waals surface area contributed by atoms with Crippen molar-refractivity contribution in [3.8, 4) is 0 Å². The number of nitrogens with two attached hydrogens (primary N) is 1. The van der Waals surface area contributed by atoms with Gasteiger partial charge in [0.05, 0.1) is 25.6 Å². The molecule has 2 aromatic heterocycles. The first-order valence-corrected chi connectivity index (χ1v) is 19.1. The molecule has 278 valence electrons. The number of methoxy groups -OCH3 is 2. The number of fused-ring (bicyclic) bond motifs is 1. The van der Waals surface area contributed by atoms with Crippen LogP contribution in [0.2, 0.25) is 0 Å². The zero-order valence-electron chi connectivity index (χ0n) is 30.4. The number of aromatic nitrogens is 4. The number of anilines is 1. The number of ether oxygens (including phenoxy) is 4. The van der Waals surface area contributed by atoms with Gasteiger partial charge in [-0.15, -0.1) is 0 Å². The molecule has 2 rings (SSSR count). The van der Waals surface area contributed by atoms with Gasteiger partial charge in [-0.1, -0.05) is 103 Å². The molecule has 11 nitrogen and oxygen atoms in total. The molecule has 0 aliphatic carbocycles. The van der Waals surface area contributed by atoms with Gasteiger partial charge in [0.1, 0.15) is 0 Å². The number of unbranched alkanes of at least 4 members (excludes halogenated alkanes) is 18. The molecule has 0 radical (unpaired) electrons. The summed E-state index contributed by atoms with van der Waals surface area (Å²) in [7, 11) is 3.54. The second-order valence-electron chi connectivity index (χ2n) is 13.4. The predicted molar refractivity (Wildman–Crippen MR) is 194 cm³/mol. The van der Waals surface area contributed by atoms with Crippen LogP contribution in [-0.4, -0.2) is 84.6 Å². The minimum absolute atomic E-state index is 0.0641. The van der Waals surface area contributed by atoms with Gasteiger partial charge in [-0.2, -0.15) is 4.98 Å². The Morgan fingerprint density at radius 3 is 1.62 bits per heavy atom. The predicted octanol–water partition coefficient (Wildman–Crippen LogP) is 7.20. The van der Waals surface area contributed by atoms with E-state index in [1.54, 1.807) is 20.5 Å². The molecule has 48 heavy (non-hydrogen) atoms. The fourth-order valence-electron chi connectivity index (χ4n) is 6.13. The standard InChI is InChI=1S/C37H69N5O6/c1-45-25-19-15-11-7-3-5-9-13-17-21-27-47-29-32(23-24-42-31-39-34-35(42)40-37(38)41-36(34)44)33(43)30-48-28-22-18-14-10-6-4-8-12-16-20-26-46-2/h31-33,43H,3-30H2,1-2H3,(H3,38,40,41,44). The van der Waals surface area contributed by atoms with Crippen LogP contribution < -0.4 is 11.3 Å². The third-order valence-corrected chi connectivity index (χ3v) is 9.17. The first-order valence-electron chi connectivity index (χ1n) is 19.1. The van der Waals surface area contributed by atoms with E-state index in [1.807, 2.05) is 4.57 Å². The van der Waals surface area contributed by atoms with Crippen LogP contribution in [0.25, 0.3) is 11.2 Å². The minimum Gasteiger partial charge on any atom is -0.390 e. The molecule has 2 heterocycles. The normalized spacial score (nSPS) is 13.1. The molecular formula is C37H69N5O6. The summed E-state index contributed by atoms with van der Waals surface area (Å²) in [4.78, 5) is 23.2. The highest BCUT2D eigenvalue weighted by Crippen LogP contribution is 2.17. The van der Waals surface area contributed by atoms with E-state index in [2.05, 4.69) is 15.0 Å². The smallest absolute Gasteiger partial charge is 0.280 e. The Bertz CT molecular complexity index is 1080. The van der Waals surface area contributed by atoms with E-state index in [0.29, 0.717) is 45.0 Å². The van der Waals surface area contributed by atoms with E-state index in [4.69, 9.17) is 24.7 Å². The number of aromatic amines is 1. The molecule has 0 saturated heterocycles. The number of aliphatic hydroxyl groups excluding tert-OH is 1. The molecule has 4 N–H and O–H groups in total. The summed E-state index contributed by atoms with van der Waals surface area (Å²) in [5.41, 5.74) is 6.14. The average Bonchev–Trinajstić information content (AvgIpc) is 3.49. The Hall–Kier alpha value is -2.05. The van der Waals surface area contributed by atoms with Crippen molar-refractivity contribution in [2.45, 2.75) is 147 Å². The van der Waals surface area contributed by atoms with Crippen molar-refractivity contribution < 1.29 is 24.1 Å². The molecule has 2 unspecified atom stereocenters. The maximum atomic E-state index is 12.2. The number of aliphatic hydroxyl groups is 1. The average molecular weight is 680 g/mol. The molecule has 11 heteroatoms. The van der Waals surface area contributed by atoms with Crippen LogP contribution in [0.4, 0.5) is 5.95 Å². The van der Waals surface area contributed by atoms with Crippen molar-refractivity contribution in [3.63, 3.8) is 0 Å². The number of hydrogen-bond donors (Lipinski definition) is 3. The van der Waals surface area contributed by atoms with Crippen molar-refractivity contribution in [2.24, 2.45) is 5.92 Å². The monoisotopic (exact) mass is 680 g/mol. The minimum atomic E-state index is -0.639. The molecule has 0 aliphatic heterocycles. The number of rotatable bonds is 34. The van der Waals surface area contributed by atoms with Gasteiger partial charge in [0.2, 0.25) is 5.95 Å². The highest BCUT2D eigenvalue weighted by atomic mass is 16.5. The van der Waals surface area contributed by atoms with E-state index in [9.17, 15) is 9.90 Å². The van der Waals surface area contributed by atoms with E-state index in [1.165, 1.54) is 109 Å². The second-order valence-corrected chi connectivity index (χ2v) is 13.4. The van der Waals surface area contributed by atoms with Gasteiger partial charge in [-0.25, -0.2) is 4.98 Å². The van der Waals surface area contributed by atoms with Crippen LogP contribution in [0.3, 0.4) is 0 Å². The van der Waals surface area contributed by atoms with Gasteiger partial charge in [-0.05, 0) is 32.1 Å². The zero-order chi connectivity index (χ0) is 34.5. The largest absolute Gasteiger partial charge is 0.390 e. The molecule has 2 aromatic rings. The van der Waals surface area contributed by atoms with Crippen LogP contribution in [0.15, 0.2) is 11.1 Å². The third kappa shape index (κ3) is 19.8. The fraction of sp³-hybridized carbons (Fsp3) is 0.865. The van der Waals surface area contributed by atoms with Crippen LogP contribution in [0.1, 0.15) is 135 Å². The molecule has 0 aromatic carbocycles. The number of nitrogens with zero attached hydrogens (tertiary/aromatic N) is 3. The van der Waals surface area contributed by atoms with Crippen LogP contribution in [-0.2, 0) is 25.5 Å². The molecular weight excluding hydrogens is 610 g/mol. The van der Waals surface area contributed by atoms with Gasteiger partial charge in [0.25, 0.3) is 5.56 Å². The number of H-pyrrole nitrogens is 1. The summed E-state index contributed by atoms with van der Waals surface area (Å²) in [5, 5.41) is 11.1. The van der Waals surface area contributed by atoms with E-state index in [-0.39, 0.29) is 22.9 Å². The van der Waals surface area contributed by atoms with Gasteiger partial charge in [0.15, 0.2) is 11.2 Å². The lowest BCUT2D eigenvalue weighted by Crippen LogP contribution is -2.31. The molecule has 2 atom stereocenters. The third-order valence-electron chi connectivity index (χ3n) is 9.17. The lowest BCUT2D eigenvalue weighted by molar-refractivity contribution is -0.0294. The number of nitrogens with one attached hydrogen (secondary N) is 1. The summed E-state index contributed by atoms with van der Waals surface area (Å²) >= 11 is 0. The summed E-state index contributed by atoms with van der Waals surface area (Å²) in [6.45, 7) is 4.41. The zero-order valence-corrected chi connectivity index (χ0v) is 30.4. The van der Waals surface area contributed by atoms with Crippen LogP contribution in [0, 0.1) is 5.92 Å². The first-order chi connectivity index (χ1) is 23.6. The summed E-state index contributed by atoms with van der Waals surface area (Å²) in [6.07, 6.45) is 26.5. The molecule has 0 bridgehead atoms. The van der Waals surface area contributed by atoms with Gasteiger partial charge >= 0.3 is 0 Å². The number of aryl methyl sites for hydroxylation is 1. The maximum absolute atomic E-state index is 12.2. The van der Waals surface area contributed by atoms with E-state index in [0.717, 1.165) is 32.5 Å². The summed E-state index contributed by atoms with van der Waals surface area (Å²) < 4.78 is 24.0. The van der Waals surface area contributed by atoms with Crippen molar-refractivity contribution in [2.75, 3.05) is 59.6 Å². The quantitative estimate of drug-likeness (QED) is 0.0654. The Morgan fingerprint density at radius 1 is 0.708 bits per heavy atom. The van der Waals surface area contributed by atoms with Crippen molar-refractivity contribution >= 4 is 17.1 Å².